The second kappa shape index (κ2) is 10.6. The summed E-state index contributed by atoms with van der Waals surface area (Å²) in [5.41, 5.74) is 4.17. The Morgan fingerprint density at radius 1 is 1.17 bits per heavy atom. The van der Waals surface area contributed by atoms with Gasteiger partial charge < -0.3 is 15.2 Å². The number of H-pyrrole nitrogens is 1. The van der Waals surface area contributed by atoms with E-state index in [1.807, 2.05) is 31.5 Å². The number of benzene rings is 1. The average molecular weight is 435 g/mol. The van der Waals surface area contributed by atoms with Gasteiger partial charge in [-0.2, -0.15) is 0 Å². The van der Waals surface area contributed by atoms with Crippen LogP contribution in [0.15, 0.2) is 53.6 Å². The van der Waals surface area contributed by atoms with Gasteiger partial charge in [0, 0.05) is 43.5 Å². The molecule has 4 rings (SSSR count). The van der Waals surface area contributed by atoms with E-state index < -0.39 is 0 Å². The number of piperazine rings is 1. The monoisotopic (exact) mass is 434 g/mol. The first kappa shape index (κ1) is 23.2. The fraction of sp³-hybridized carbons (Fsp3) is 0.364. The van der Waals surface area contributed by atoms with Crippen molar-refractivity contribution in [1.82, 2.24) is 15.3 Å². The fourth-order valence-electron chi connectivity index (χ4n) is 4.01. The number of fused-ring (bicyclic) bond motifs is 1. The molecule has 1 aromatic carbocycles. The van der Waals surface area contributed by atoms with E-state index in [1.165, 1.54) is 5.56 Å². The normalized spacial score (nSPS) is 16.2. The molecule has 2 aromatic heterocycles. The van der Waals surface area contributed by atoms with Crippen molar-refractivity contribution in [3.63, 3.8) is 0 Å². The van der Waals surface area contributed by atoms with Gasteiger partial charge in [0.25, 0.3) is 5.56 Å². The van der Waals surface area contributed by atoms with Crippen molar-refractivity contribution >= 4 is 41.4 Å². The molecular weight excluding hydrogens is 407 g/mol. The summed E-state index contributed by atoms with van der Waals surface area (Å²) in [5, 5.41) is 4.58. The number of nitrogens with one attached hydrogen (secondary N) is 2. The Hall–Kier alpha value is -2.08. The molecule has 1 aliphatic heterocycles. The summed E-state index contributed by atoms with van der Waals surface area (Å²) in [5.74, 6) is 0. The first-order valence-corrected chi connectivity index (χ1v) is 9.71. The van der Waals surface area contributed by atoms with Gasteiger partial charge in [-0.05, 0) is 55.5 Å². The Morgan fingerprint density at radius 2 is 1.97 bits per heavy atom. The number of rotatable bonds is 5. The summed E-state index contributed by atoms with van der Waals surface area (Å²) in [6.07, 6.45) is 6.89. The third kappa shape index (κ3) is 5.30. The van der Waals surface area contributed by atoms with Gasteiger partial charge in [0.1, 0.15) is 5.69 Å². The van der Waals surface area contributed by atoms with Crippen LogP contribution in [0.2, 0.25) is 0 Å². The first-order chi connectivity index (χ1) is 13.2. The third-order valence-corrected chi connectivity index (χ3v) is 5.48. The molecule has 0 saturated carbocycles. The van der Waals surface area contributed by atoms with E-state index in [-0.39, 0.29) is 30.4 Å². The lowest BCUT2D eigenvalue weighted by Gasteiger charge is -2.37. The number of halogens is 2. The maximum atomic E-state index is 12.8. The van der Waals surface area contributed by atoms with Crippen LogP contribution in [0.25, 0.3) is 10.9 Å². The minimum absolute atomic E-state index is 0. The average Bonchev–Trinajstić information content (AvgIpc) is 2.70. The van der Waals surface area contributed by atoms with Gasteiger partial charge in [0.15, 0.2) is 0 Å². The molecule has 1 atom stereocenters. The number of pyridine rings is 2. The van der Waals surface area contributed by atoms with Crippen LogP contribution in [0.1, 0.15) is 24.0 Å². The van der Waals surface area contributed by atoms with Gasteiger partial charge in [-0.1, -0.05) is 18.2 Å². The van der Waals surface area contributed by atoms with E-state index in [2.05, 4.69) is 44.5 Å². The highest BCUT2D eigenvalue weighted by atomic mass is 35.5. The van der Waals surface area contributed by atoms with Crippen molar-refractivity contribution in [1.29, 1.82) is 0 Å². The van der Waals surface area contributed by atoms with Gasteiger partial charge in [-0.3, -0.25) is 9.78 Å². The lowest BCUT2D eigenvalue weighted by atomic mass is 10.0. The van der Waals surface area contributed by atoms with E-state index in [0.29, 0.717) is 6.04 Å². The summed E-state index contributed by atoms with van der Waals surface area (Å²) in [7, 11) is 0. The topological polar surface area (TPSA) is 61.0 Å². The van der Waals surface area contributed by atoms with E-state index in [0.717, 1.165) is 61.1 Å². The quantitative estimate of drug-likeness (QED) is 0.639. The lowest BCUT2D eigenvalue weighted by Crippen LogP contribution is -2.52. The summed E-state index contributed by atoms with van der Waals surface area (Å²) >= 11 is 0. The number of aromatic nitrogens is 2. The number of aromatic amines is 1. The number of aryl methyl sites for hydroxylation is 2. The predicted molar refractivity (Wildman–Crippen MR) is 125 cm³/mol. The van der Waals surface area contributed by atoms with Gasteiger partial charge in [0.2, 0.25) is 0 Å². The van der Waals surface area contributed by atoms with Gasteiger partial charge in [-0.25, -0.2) is 0 Å². The summed E-state index contributed by atoms with van der Waals surface area (Å²) in [4.78, 5) is 22.3. The Kier molecular flexibility index (Phi) is 8.50. The number of hydrogen-bond donors (Lipinski definition) is 2. The van der Waals surface area contributed by atoms with Crippen molar-refractivity contribution < 1.29 is 0 Å². The van der Waals surface area contributed by atoms with Crippen molar-refractivity contribution in [2.45, 2.75) is 32.2 Å². The van der Waals surface area contributed by atoms with Gasteiger partial charge in [-0.15, -0.1) is 24.8 Å². The maximum Gasteiger partial charge on any atom is 0.272 e. The van der Waals surface area contributed by atoms with Crippen molar-refractivity contribution in [3.8, 4) is 0 Å². The molecule has 1 aliphatic rings. The second-order valence-corrected chi connectivity index (χ2v) is 7.32. The minimum Gasteiger partial charge on any atom is -0.362 e. The van der Waals surface area contributed by atoms with Crippen molar-refractivity contribution in [2.24, 2.45) is 0 Å². The molecule has 3 aromatic rings. The van der Waals surface area contributed by atoms with E-state index in [1.54, 1.807) is 0 Å². The number of para-hydroxylation sites is 1. The van der Waals surface area contributed by atoms with E-state index in [4.69, 9.17) is 0 Å². The molecule has 0 radical (unpaired) electrons. The third-order valence-electron chi connectivity index (χ3n) is 5.48. The van der Waals surface area contributed by atoms with Crippen LogP contribution in [-0.4, -0.2) is 35.6 Å². The van der Waals surface area contributed by atoms with E-state index >= 15 is 0 Å². The first-order valence-electron chi connectivity index (χ1n) is 9.71. The highest BCUT2D eigenvalue weighted by molar-refractivity contribution is 5.86. The fourth-order valence-corrected chi connectivity index (χ4v) is 4.01. The smallest absolute Gasteiger partial charge is 0.272 e. The molecule has 1 fully saturated rings. The Balaban J connectivity index is 0.00000150. The molecule has 0 bridgehead atoms. The minimum atomic E-state index is 0. The lowest BCUT2D eigenvalue weighted by molar-refractivity contribution is 0.444. The zero-order chi connectivity index (χ0) is 18.6. The molecule has 156 valence electrons. The zero-order valence-electron chi connectivity index (χ0n) is 16.6. The van der Waals surface area contributed by atoms with Crippen LogP contribution in [-0.2, 0) is 6.42 Å². The molecule has 0 amide bonds. The Bertz CT molecular complexity index is 977. The zero-order valence-corrected chi connectivity index (χ0v) is 18.2. The van der Waals surface area contributed by atoms with Crippen LogP contribution in [0.4, 0.5) is 5.69 Å². The number of nitrogens with zero attached hydrogens (tertiary/aromatic N) is 2. The molecule has 29 heavy (non-hydrogen) atoms. The van der Waals surface area contributed by atoms with Gasteiger partial charge >= 0.3 is 0 Å². The van der Waals surface area contributed by atoms with Crippen LogP contribution in [0.3, 0.4) is 0 Å². The maximum absolute atomic E-state index is 12.8. The highest BCUT2D eigenvalue weighted by Crippen LogP contribution is 2.23. The molecule has 3 heterocycles. The molecule has 2 N–H and O–H groups in total. The van der Waals surface area contributed by atoms with Crippen LogP contribution < -0.4 is 15.8 Å². The second-order valence-electron chi connectivity index (χ2n) is 7.32. The molecule has 0 spiro atoms. The molecule has 5 nitrogen and oxygen atoms in total. The predicted octanol–water partition coefficient (Wildman–Crippen LogP) is 3.88. The standard InChI is InChI=1S/C22H26N4O.2ClH/c1-16-4-2-6-18-14-20(22(27)25-21(16)18)26-13-12-24-15-19(26)7-3-5-17-8-10-23-11-9-17;;/h2,4,6,8-11,14,19,24H,3,5,7,12-13,15H2,1H3,(H,25,27);2*1H. The molecule has 0 aliphatic carbocycles. The number of hydrogen-bond acceptors (Lipinski definition) is 4. The summed E-state index contributed by atoms with van der Waals surface area (Å²) < 4.78 is 0. The largest absolute Gasteiger partial charge is 0.362 e. The SMILES string of the molecule is Cc1cccc2cc(N3CCNCC3CCCc3ccncc3)c(=O)[nH]c12.Cl.Cl. The van der Waals surface area contributed by atoms with Crippen molar-refractivity contribution in [2.75, 3.05) is 24.5 Å². The van der Waals surface area contributed by atoms with Crippen LogP contribution in [0, 0.1) is 6.92 Å². The van der Waals surface area contributed by atoms with E-state index in [9.17, 15) is 4.79 Å². The summed E-state index contributed by atoms with van der Waals surface area (Å²) in [6.45, 7) is 4.72. The molecular formula is C22H28Cl2N4O. The van der Waals surface area contributed by atoms with Crippen LogP contribution >= 0.6 is 24.8 Å². The molecule has 7 heteroatoms. The van der Waals surface area contributed by atoms with Crippen LogP contribution in [0.5, 0.6) is 0 Å². The van der Waals surface area contributed by atoms with Gasteiger partial charge in [0.05, 0.1) is 5.52 Å². The molecule has 1 saturated heterocycles. The van der Waals surface area contributed by atoms with Crippen molar-refractivity contribution in [3.05, 3.63) is 70.3 Å². The Morgan fingerprint density at radius 3 is 2.76 bits per heavy atom. The number of anilines is 1. The highest BCUT2D eigenvalue weighted by Gasteiger charge is 2.24. The summed E-state index contributed by atoms with van der Waals surface area (Å²) in [6, 6.07) is 12.7. The molecule has 1 unspecified atom stereocenters. The Labute approximate surface area is 183 Å².